The first kappa shape index (κ1) is 43.8. The Labute approximate surface area is 354 Å². The first-order valence-corrected chi connectivity index (χ1v) is 20.4. The van der Waals surface area contributed by atoms with Crippen molar-refractivity contribution in [1.29, 1.82) is 0 Å². The van der Waals surface area contributed by atoms with Crippen molar-refractivity contribution < 1.29 is 49.0 Å². The van der Waals surface area contributed by atoms with Gasteiger partial charge in [-0.1, -0.05) is 97.8 Å². The Bertz CT molecular complexity index is 2020. The Morgan fingerprint density at radius 1 is 0.722 bits per heavy atom. The van der Waals surface area contributed by atoms with E-state index < -0.39 is 0 Å². The van der Waals surface area contributed by atoms with Gasteiger partial charge in [-0.05, 0) is 58.4 Å². The van der Waals surface area contributed by atoms with Crippen LogP contribution in [0.5, 0.6) is 0 Å². The van der Waals surface area contributed by atoms with Gasteiger partial charge < -0.3 is 24.8 Å². The van der Waals surface area contributed by atoms with Crippen molar-refractivity contribution in [2.45, 2.75) is 111 Å². The number of rotatable bonds is 5. The molecule has 5 aromatic carbocycles. The number of fused-ring (bicyclic) bond motifs is 5. The molecule has 0 aliphatic heterocycles. The molecule has 0 aromatic heterocycles. The standard InChI is InChI=1S/C25H25.C15H14.C11H17.2ClH.Zr/c1-14-12-24(3,4)22-8-16-7-17-9-23-19(15(2)13-25(23,5)6)11-21(17)20(16)10-18(14)22;1-3-8-14(9-4-1)12-7-13-15-10-5-2-6-11-15;1-5-9-6-7-10(8-9)11(2,3)4;;;/h8-12H,7H2,1-6H3;1-6,8-11H,12-13H2;6-8H,5H2,1-4H3;2*1H;/q-1;;-1;;;+2/p-2. The third kappa shape index (κ3) is 9.70. The molecule has 0 fully saturated rings. The molecule has 3 heteroatoms. The molecule has 0 radical (unpaired) electrons. The molecule has 0 heterocycles. The van der Waals surface area contributed by atoms with Gasteiger partial charge in [0, 0.05) is 5.41 Å². The molecule has 0 nitrogen and oxygen atoms in total. The van der Waals surface area contributed by atoms with Crippen molar-refractivity contribution >= 4 is 14.4 Å². The van der Waals surface area contributed by atoms with E-state index in [1.54, 1.807) is 27.4 Å². The van der Waals surface area contributed by atoms with Crippen LogP contribution >= 0.6 is 0 Å². The Balaban J connectivity index is 0.000000194. The predicted octanol–water partition coefficient (Wildman–Crippen LogP) is 6.91. The summed E-state index contributed by atoms with van der Waals surface area (Å²) in [4.78, 5) is 0. The van der Waals surface area contributed by atoms with Crippen LogP contribution in [0.25, 0.3) is 22.3 Å². The van der Waals surface area contributed by atoms with Crippen molar-refractivity contribution in [2.75, 3.05) is 0 Å². The third-order valence-electron chi connectivity index (χ3n) is 11.0. The van der Waals surface area contributed by atoms with Crippen molar-refractivity contribution in [3.05, 3.63) is 171 Å². The van der Waals surface area contributed by atoms with E-state index in [9.17, 15) is 0 Å². The van der Waals surface area contributed by atoms with Crippen LogP contribution in [-0.4, -0.2) is 3.21 Å². The van der Waals surface area contributed by atoms with Crippen LogP contribution in [0.2, 0.25) is 0 Å². The van der Waals surface area contributed by atoms with Gasteiger partial charge in [0.05, 0.1) is 0 Å². The molecule has 0 unspecified atom stereocenters. The Hall–Kier alpha value is -2.96. The molecular weight excluding hydrogens is 775 g/mol. The van der Waals surface area contributed by atoms with Crippen LogP contribution < -0.4 is 24.8 Å². The summed E-state index contributed by atoms with van der Waals surface area (Å²) in [5.41, 5.74) is 20.6. The zero-order valence-corrected chi connectivity index (χ0v) is 37.9. The molecule has 280 valence electrons. The second-order valence-electron chi connectivity index (χ2n) is 17.3. The number of aryl methyl sites for hydroxylation is 1. The van der Waals surface area contributed by atoms with Gasteiger partial charge in [0.1, 0.15) is 0 Å². The summed E-state index contributed by atoms with van der Waals surface area (Å²) in [7, 11) is 0. The van der Waals surface area contributed by atoms with Crippen LogP contribution in [-0.2, 0) is 66.2 Å². The topological polar surface area (TPSA) is 0 Å². The number of hydrogen-bond donors (Lipinski definition) is 0. The minimum atomic E-state index is 0. The van der Waals surface area contributed by atoms with Crippen LogP contribution in [0.15, 0.2) is 109 Å². The molecule has 0 N–H and O–H groups in total. The zero-order valence-electron chi connectivity index (χ0n) is 34.0. The zero-order chi connectivity index (χ0) is 37.4. The monoisotopic (exact) mass is 828 g/mol. The number of benzene rings is 4. The molecule has 5 aromatic rings. The second-order valence-corrected chi connectivity index (χ2v) is 19.0. The summed E-state index contributed by atoms with van der Waals surface area (Å²) in [6, 6.07) is 38.0. The Kier molecular flexibility index (Phi) is 14.1. The summed E-state index contributed by atoms with van der Waals surface area (Å²) in [5.74, 6) is 0. The van der Waals surface area contributed by atoms with E-state index in [0.717, 1.165) is 25.7 Å². The minimum absolute atomic E-state index is 0. The van der Waals surface area contributed by atoms with Crippen molar-refractivity contribution in [2.24, 2.45) is 0 Å². The summed E-state index contributed by atoms with van der Waals surface area (Å²) in [6.07, 6.45) is 10.5. The van der Waals surface area contributed by atoms with E-state index in [2.05, 4.69) is 185 Å². The average Bonchev–Trinajstić information content (AvgIpc) is 3.82. The number of halogens is 2. The molecular formula is C51H56Cl2Zr-2. The van der Waals surface area contributed by atoms with Crippen LogP contribution in [0.3, 0.4) is 0 Å². The molecule has 8 rings (SSSR count). The van der Waals surface area contributed by atoms with Gasteiger partial charge in [-0.2, -0.15) is 28.8 Å². The van der Waals surface area contributed by atoms with E-state index in [4.69, 9.17) is 0 Å². The van der Waals surface area contributed by atoms with Crippen molar-refractivity contribution in [3.63, 3.8) is 0 Å². The molecule has 0 bridgehead atoms. The van der Waals surface area contributed by atoms with Gasteiger partial charge in [-0.3, -0.25) is 6.08 Å². The van der Waals surface area contributed by atoms with Crippen LogP contribution in [0.4, 0.5) is 0 Å². The molecule has 0 spiro atoms. The van der Waals surface area contributed by atoms with E-state index in [1.165, 1.54) is 77.9 Å². The fourth-order valence-electron chi connectivity index (χ4n) is 8.20. The second kappa shape index (κ2) is 17.5. The normalized spacial score (nSPS) is 15.0. The summed E-state index contributed by atoms with van der Waals surface area (Å²) in [5, 5.41) is 0. The Morgan fingerprint density at radius 2 is 1.24 bits per heavy atom. The number of allylic oxidation sites excluding steroid dienone is 4. The maximum atomic E-state index is 3.65. The first-order chi connectivity index (χ1) is 24.6. The van der Waals surface area contributed by atoms with E-state index in [1.807, 2.05) is 0 Å². The summed E-state index contributed by atoms with van der Waals surface area (Å²) >= 11 is 1.55. The van der Waals surface area contributed by atoms with Gasteiger partial charge >= 0.3 is 112 Å². The molecule has 0 amide bonds. The first-order valence-electron chi connectivity index (χ1n) is 19.1. The molecule has 3 aliphatic carbocycles. The quantitative estimate of drug-likeness (QED) is 0.166. The van der Waals surface area contributed by atoms with E-state index >= 15 is 0 Å². The fraction of sp³-hybridized carbons (Fsp3) is 0.333. The SMILES string of the molecule is CC1=[C-]C(C)(C)c2cc3c(cc21)-c1cc2c(cc1C3)C(C)(C)C=C2C.CCc1cc(C(C)(C)C)c[cH-]1.[Cl-].[Cl-].[Zr+2]=[C](Cc1ccccc1)Cc1ccccc1. The van der Waals surface area contributed by atoms with E-state index in [0.29, 0.717) is 5.41 Å². The van der Waals surface area contributed by atoms with Crippen molar-refractivity contribution in [1.82, 2.24) is 0 Å². The van der Waals surface area contributed by atoms with Gasteiger partial charge in [-0.15, -0.1) is 11.6 Å². The summed E-state index contributed by atoms with van der Waals surface area (Å²) in [6.45, 7) is 22.6. The van der Waals surface area contributed by atoms with Gasteiger partial charge in [-0.25, -0.2) is 11.6 Å². The predicted molar refractivity (Wildman–Crippen MR) is 222 cm³/mol. The molecule has 3 aliphatic rings. The molecule has 54 heavy (non-hydrogen) atoms. The van der Waals surface area contributed by atoms with Gasteiger partial charge in [0.2, 0.25) is 0 Å². The maximum absolute atomic E-state index is 3.65. The van der Waals surface area contributed by atoms with Gasteiger partial charge in [0.15, 0.2) is 0 Å². The molecule has 0 saturated heterocycles. The van der Waals surface area contributed by atoms with Crippen LogP contribution in [0.1, 0.15) is 125 Å². The van der Waals surface area contributed by atoms with Gasteiger partial charge in [0.25, 0.3) is 0 Å². The Morgan fingerprint density at radius 3 is 1.72 bits per heavy atom. The molecule has 0 atom stereocenters. The third-order valence-corrected chi connectivity index (χ3v) is 11.9. The average molecular weight is 831 g/mol. The van der Waals surface area contributed by atoms with Crippen LogP contribution in [0, 0.1) is 6.08 Å². The van der Waals surface area contributed by atoms with Crippen molar-refractivity contribution in [3.8, 4) is 11.1 Å². The molecule has 0 saturated carbocycles. The number of hydrogen-bond acceptors (Lipinski definition) is 0. The van der Waals surface area contributed by atoms with E-state index in [-0.39, 0.29) is 35.6 Å². The fourth-order valence-corrected chi connectivity index (χ4v) is 9.20. The summed E-state index contributed by atoms with van der Waals surface area (Å²) < 4.78 is 1.60.